The lowest BCUT2D eigenvalue weighted by molar-refractivity contribution is -0.668. The number of para-hydroxylation sites is 2. The van der Waals surface area contributed by atoms with Crippen LogP contribution in [0.2, 0.25) is 0 Å². The molecule has 0 unspecified atom stereocenters. The molecule has 4 N–H and O–H groups in total. The van der Waals surface area contributed by atoms with Gasteiger partial charge in [0.15, 0.2) is 0 Å². The minimum absolute atomic E-state index is 0.0106. The second-order valence-corrected chi connectivity index (χ2v) is 11.0. The molecule has 3 aromatic carbocycles. The van der Waals surface area contributed by atoms with Gasteiger partial charge in [0, 0.05) is 23.6 Å². The zero-order valence-electron chi connectivity index (χ0n) is 19.6. The Morgan fingerprint density at radius 3 is 2.23 bits per heavy atom. The third-order valence-corrected chi connectivity index (χ3v) is 8.32. The fraction of sp³-hybridized carbons (Fsp3) is 0.296. The maximum absolute atomic E-state index is 13.1. The van der Waals surface area contributed by atoms with Crippen LogP contribution in [-0.4, -0.2) is 40.0 Å². The number of ether oxygens (including phenoxy) is 1. The first-order valence-electron chi connectivity index (χ1n) is 11.9. The highest BCUT2D eigenvalue weighted by atomic mass is 32.2. The van der Waals surface area contributed by atoms with Crippen LogP contribution in [0.3, 0.4) is 0 Å². The Morgan fingerprint density at radius 1 is 0.943 bits per heavy atom. The van der Waals surface area contributed by atoms with Gasteiger partial charge in [-0.2, -0.15) is 0 Å². The van der Waals surface area contributed by atoms with Gasteiger partial charge in [-0.05, 0) is 37.6 Å². The van der Waals surface area contributed by atoms with Crippen LogP contribution in [0.1, 0.15) is 29.0 Å². The molecule has 0 spiro atoms. The van der Waals surface area contributed by atoms with E-state index in [-0.39, 0.29) is 28.7 Å². The molecule has 7 nitrogen and oxygen atoms in total. The Bertz CT molecular complexity index is 1280. The van der Waals surface area contributed by atoms with Crippen molar-refractivity contribution < 1.29 is 23.3 Å². The molecule has 182 valence electrons. The van der Waals surface area contributed by atoms with Gasteiger partial charge in [-0.3, -0.25) is 4.79 Å². The van der Waals surface area contributed by atoms with Crippen LogP contribution < -0.4 is 20.1 Å². The number of sulfonamides is 1. The van der Waals surface area contributed by atoms with E-state index in [1.165, 1.54) is 0 Å². The van der Waals surface area contributed by atoms with Crippen molar-refractivity contribution in [3.63, 3.8) is 0 Å². The lowest BCUT2D eigenvalue weighted by Crippen LogP contribution is -2.91. The highest BCUT2D eigenvalue weighted by Gasteiger charge is 2.34. The number of amides is 1. The van der Waals surface area contributed by atoms with Crippen LogP contribution in [-0.2, 0) is 14.8 Å². The van der Waals surface area contributed by atoms with Gasteiger partial charge in [0.25, 0.3) is 0 Å². The number of nitrogens with two attached hydrogens (primary N) is 1. The van der Waals surface area contributed by atoms with E-state index in [4.69, 9.17) is 4.74 Å². The number of rotatable bonds is 6. The van der Waals surface area contributed by atoms with Crippen molar-refractivity contribution in [3.8, 4) is 11.5 Å². The number of piperidine rings is 1. The number of quaternary nitrogens is 1. The predicted octanol–water partition coefficient (Wildman–Crippen LogP) is 2.28. The Hall–Kier alpha value is -3.20. The van der Waals surface area contributed by atoms with Crippen molar-refractivity contribution in [2.24, 2.45) is 5.92 Å². The fourth-order valence-corrected chi connectivity index (χ4v) is 6.19. The number of nitrogens with one attached hydrogen (secondary N) is 2. The maximum Gasteiger partial charge on any atom is 0.241 e. The lowest BCUT2D eigenvalue weighted by atomic mass is 9.87. The molecule has 8 heteroatoms. The third-order valence-electron chi connectivity index (χ3n) is 6.78. The van der Waals surface area contributed by atoms with Crippen LogP contribution in [0.5, 0.6) is 11.5 Å². The number of carbonyl (C=O) groups is 1. The first-order valence-corrected chi connectivity index (χ1v) is 13.4. The summed E-state index contributed by atoms with van der Waals surface area (Å²) in [5.74, 6) is 1.27. The van der Waals surface area contributed by atoms with E-state index in [1.807, 2.05) is 60.8 Å². The second-order valence-electron chi connectivity index (χ2n) is 9.30. The fourth-order valence-electron chi connectivity index (χ4n) is 4.93. The Morgan fingerprint density at radius 2 is 1.57 bits per heavy atom. The predicted molar refractivity (Wildman–Crippen MR) is 133 cm³/mol. The van der Waals surface area contributed by atoms with Gasteiger partial charge in [-0.1, -0.05) is 54.1 Å². The topological polar surface area (TPSA) is 101 Å². The summed E-state index contributed by atoms with van der Waals surface area (Å²) in [7, 11) is -3.64. The first-order chi connectivity index (χ1) is 16.9. The molecule has 0 aliphatic carbocycles. The minimum Gasteiger partial charge on any atom is -0.457 e. The van der Waals surface area contributed by atoms with Crippen molar-refractivity contribution >= 4 is 15.9 Å². The molecular formula is C27H30N3O4S+. The number of hydrogen-bond acceptors (Lipinski definition) is 4. The van der Waals surface area contributed by atoms with E-state index in [0.717, 1.165) is 28.2 Å². The summed E-state index contributed by atoms with van der Waals surface area (Å²) in [4.78, 5) is 13.4. The maximum atomic E-state index is 13.1. The van der Waals surface area contributed by atoms with Gasteiger partial charge in [0.2, 0.25) is 15.9 Å². The Balaban J connectivity index is 1.24. The van der Waals surface area contributed by atoms with Crippen LogP contribution in [0.4, 0.5) is 0 Å². The quantitative estimate of drug-likeness (QED) is 0.491. The summed E-state index contributed by atoms with van der Waals surface area (Å²) in [6.45, 7) is 3.61. The molecule has 2 atom stereocenters. The Kier molecular flexibility index (Phi) is 6.60. The van der Waals surface area contributed by atoms with E-state index in [0.29, 0.717) is 26.1 Å². The SMILES string of the molecule is Cc1ccc(S(=O)(=O)N[C@H]2C[NH2+]C[C@@H](C(=O)NCC3c4ccccc4Oc4ccccc43)C2)cc1. The van der Waals surface area contributed by atoms with Crippen LogP contribution in [0.25, 0.3) is 0 Å². The average molecular weight is 493 g/mol. The second kappa shape index (κ2) is 9.81. The highest BCUT2D eigenvalue weighted by molar-refractivity contribution is 7.89. The number of aryl methyl sites for hydroxylation is 1. The molecule has 2 aliphatic rings. The van der Waals surface area contributed by atoms with Gasteiger partial charge >= 0.3 is 0 Å². The van der Waals surface area contributed by atoms with Gasteiger partial charge in [-0.25, -0.2) is 13.1 Å². The summed E-state index contributed by atoms with van der Waals surface area (Å²) in [5, 5.41) is 5.14. The summed E-state index contributed by atoms with van der Waals surface area (Å²) >= 11 is 0. The molecule has 1 amide bonds. The molecule has 35 heavy (non-hydrogen) atoms. The normalized spacial score (nSPS) is 19.8. The minimum atomic E-state index is -3.64. The first kappa shape index (κ1) is 23.5. The molecule has 0 aromatic heterocycles. The zero-order valence-corrected chi connectivity index (χ0v) is 20.4. The molecule has 0 saturated carbocycles. The third kappa shape index (κ3) is 5.10. The average Bonchev–Trinajstić information content (AvgIpc) is 2.86. The summed E-state index contributed by atoms with van der Waals surface area (Å²) < 4.78 is 34.5. The highest BCUT2D eigenvalue weighted by Crippen LogP contribution is 2.43. The van der Waals surface area contributed by atoms with Crippen LogP contribution >= 0.6 is 0 Å². The van der Waals surface area contributed by atoms with E-state index in [9.17, 15) is 13.2 Å². The van der Waals surface area contributed by atoms with Crippen molar-refractivity contribution in [3.05, 3.63) is 89.5 Å². The monoisotopic (exact) mass is 492 g/mol. The molecule has 5 rings (SSSR count). The molecule has 0 bridgehead atoms. The molecule has 1 fully saturated rings. The molecule has 2 aliphatic heterocycles. The summed E-state index contributed by atoms with van der Waals surface area (Å²) in [6.07, 6.45) is 0.467. The zero-order chi connectivity index (χ0) is 24.4. The van der Waals surface area contributed by atoms with Crippen LogP contribution in [0.15, 0.2) is 77.7 Å². The van der Waals surface area contributed by atoms with Crippen molar-refractivity contribution in [2.45, 2.75) is 30.2 Å². The van der Waals surface area contributed by atoms with Crippen molar-refractivity contribution in [2.75, 3.05) is 19.6 Å². The van der Waals surface area contributed by atoms with Gasteiger partial charge < -0.3 is 15.4 Å². The van der Waals surface area contributed by atoms with E-state index in [1.54, 1.807) is 24.3 Å². The molecule has 3 aromatic rings. The smallest absolute Gasteiger partial charge is 0.241 e. The molecule has 0 radical (unpaired) electrons. The van der Waals surface area contributed by atoms with Crippen molar-refractivity contribution in [1.82, 2.24) is 10.0 Å². The Labute approximate surface area is 206 Å². The van der Waals surface area contributed by atoms with Gasteiger partial charge in [0.1, 0.15) is 11.5 Å². The summed E-state index contributed by atoms with van der Waals surface area (Å²) in [5.41, 5.74) is 3.09. The van der Waals surface area contributed by atoms with Crippen molar-refractivity contribution in [1.29, 1.82) is 0 Å². The molecule has 2 heterocycles. The van der Waals surface area contributed by atoms with E-state index < -0.39 is 10.0 Å². The molecule has 1 saturated heterocycles. The number of hydrogen-bond donors (Lipinski definition) is 3. The number of fused-ring (bicyclic) bond motifs is 2. The number of carbonyl (C=O) groups excluding carboxylic acids is 1. The van der Waals surface area contributed by atoms with E-state index >= 15 is 0 Å². The molecular weight excluding hydrogens is 462 g/mol. The largest absolute Gasteiger partial charge is 0.457 e. The summed E-state index contributed by atoms with van der Waals surface area (Å²) in [6, 6.07) is 22.3. The van der Waals surface area contributed by atoms with Gasteiger partial charge in [0.05, 0.1) is 29.9 Å². The standard InChI is InChI=1S/C27H29N3O4S/c1-18-10-12-21(13-11-18)35(32,33)30-20-14-19(15-28-16-20)27(31)29-17-24-22-6-2-4-8-25(22)34-26-9-5-3-7-23(24)26/h2-13,19-20,24,28,30H,14-17H2,1H3,(H,29,31)/p+1/t19-,20+/m0/s1. The van der Waals surface area contributed by atoms with E-state index in [2.05, 4.69) is 10.0 Å². The van der Waals surface area contributed by atoms with Crippen LogP contribution in [0, 0.1) is 12.8 Å². The number of benzene rings is 3. The van der Waals surface area contributed by atoms with Gasteiger partial charge in [-0.15, -0.1) is 0 Å². The lowest BCUT2D eigenvalue weighted by Gasteiger charge is -2.30.